The summed E-state index contributed by atoms with van der Waals surface area (Å²) in [6.07, 6.45) is 5.97. The van der Waals surface area contributed by atoms with Gasteiger partial charge in [0.25, 0.3) is 0 Å². The minimum atomic E-state index is -0.516. The summed E-state index contributed by atoms with van der Waals surface area (Å²) in [5.74, 6) is 0.897. The number of halogens is 1. The normalized spacial score (nSPS) is 23.7. The molecule has 3 rings (SSSR count). The summed E-state index contributed by atoms with van der Waals surface area (Å²) in [6, 6.07) is 0.374. The fraction of sp³-hybridized carbons (Fsp3) is 0.857. The third-order valence-corrected chi connectivity index (χ3v) is 5.89. The van der Waals surface area contributed by atoms with Gasteiger partial charge in [-0.15, -0.1) is 0 Å². The molecule has 2 fully saturated rings. The minimum absolute atomic E-state index is 0.150. The van der Waals surface area contributed by atoms with Gasteiger partial charge in [0, 0.05) is 6.04 Å². The highest BCUT2D eigenvalue weighted by molar-refractivity contribution is 6.28. The third-order valence-electron chi connectivity index (χ3n) is 5.72. The molecule has 2 heterocycles. The standard InChI is InChI=1S/C21H38ClN7O/c1-19(2,12-29(30)13-20(3,4)28-21(5,6)14-29)27-18-25-16(22)24-17(26-18)23-15-10-8-7-9-11-15/h15,28H,7-14H2,1-6H3,(H2,23,24,25,26,27). The van der Waals surface area contributed by atoms with Gasteiger partial charge in [0.15, 0.2) is 0 Å². The van der Waals surface area contributed by atoms with Crippen LogP contribution < -0.4 is 16.0 Å². The van der Waals surface area contributed by atoms with Crippen LogP contribution >= 0.6 is 11.6 Å². The lowest BCUT2D eigenvalue weighted by molar-refractivity contribution is -0.896. The molecule has 0 atom stereocenters. The lowest BCUT2D eigenvalue weighted by atomic mass is 9.89. The largest absolute Gasteiger partial charge is 0.633 e. The zero-order valence-corrected chi connectivity index (χ0v) is 20.1. The molecule has 30 heavy (non-hydrogen) atoms. The number of nitrogens with one attached hydrogen (secondary N) is 3. The van der Waals surface area contributed by atoms with Crippen LogP contribution in [0.4, 0.5) is 11.9 Å². The van der Waals surface area contributed by atoms with Crippen LogP contribution in [0.5, 0.6) is 0 Å². The van der Waals surface area contributed by atoms with E-state index in [-0.39, 0.29) is 21.0 Å². The van der Waals surface area contributed by atoms with Crippen LogP contribution in [-0.4, -0.2) is 61.9 Å². The predicted octanol–water partition coefficient (Wildman–Crippen LogP) is 3.94. The van der Waals surface area contributed by atoms with Gasteiger partial charge < -0.3 is 20.5 Å². The van der Waals surface area contributed by atoms with Gasteiger partial charge in [-0.1, -0.05) is 19.3 Å². The topological polar surface area (TPSA) is 97.8 Å². The molecule has 1 saturated heterocycles. The number of aromatic nitrogens is 3. The fourth-order valence-electron chi connectivity index (χ4n) is 5.57. The summed E-state index contributed by atoms with van der Waals surface area (Å²) < 4.78 is -0.279. The van der Waals surface area contributed by atoms with E-state index in [1.165, 1.54) is 19.3 Å². The first-order valence-electron chi connectivity index (χ1n) is 11.1. The van der Waals surface area contributed by atoms with Crippen LogP contribution in [0, 0.1) is 5.21 Å². The Bertz CT molecular complexity index is 731. The zero-order valence-electron chi connectivity index (χ0n) is 19.3. The Kier molecular flexibility index (Phi) is 6.54. The molecule has 8 nitrogen and oxygen atoms in total. The molecule has 0 spiro atoms. The Labute approximate surface area is 185 Å². The number of piperazine rings is 1. The van der Waals surface area contributed by atoms with Crippen LogP contribution in [0.2, 0.25) is 5.28 Å². The first kappa shape index (κ1) is 23.4. The SMILES string of the molecule is CC(C)(C[N+]1([O-])CC(C)(C)NC(C)(C)C1)Nc1nc(Cl)nc(NC2CCCCC2)n1. The molecule has 1 aromatic heterocycles. The second kappa shape index (κ2) is 8.37. The van der Waals surface area contributed by atoms with E-state index in [4.69, 9.17) is 11.6 Å². The van der Waals surface area contributed by atoms with Crippen LogP contribution in [0.3, 0.4) is 0 Å². The fourth-order valence-corrected chi connectivity index (χ4v) is 5.73. The van der Waals surface area contributed by atoms with Crippen LogP contribution in [0.25, 0.3) is 0 Å². The van der Waals surface area contributed by atoms with E-state index in [9.17, 15) is 5.21 Å². The van der Waals surface area contributed by atoms with Crippen molar-refractivity contribution in [1.29, 1.82) is 0 Å². The lowest BCUT2D eigenvalue weighted by Crippen LogP contribution is -2.74. The van der Waals surface area contributed by atoms with Crippen molar-refractivity contribution < 1.29 is 4.65 Å². The molecule has 1 aliphatic carbocycles. The maximum absolute atomic E-state index is 13.7. The van der Waals surface area contributed by atoms with E-state index in [0.29, 0.717) is 37.6 Å². The molecular weight excluding hydrogens is 402 g/mol. The first-order chi connectivity index (χ1) is 13.8. The summed E-state index contributed by atoms with van der Waals surface area (Å²) in [5.41, 5.74) is -0.974. The number of nitrogens with zero attached hydrogens (tertiary/aromatic N) is 4. The smallest absolute Gasteiger partial charge is 0.229 e. The van der Waals surface area contributed by atoms with Crippen molar-refractivity contribution in [2.75, 3.05) is 30.3 Å². The van der Waals surface area contributed by atoms with Gasteiger partial charge in [-0.2, -0.15) is 15.0 Å². The van der Waals surface area contributed by atoms with Gasteiger partial charge in [0.05, 0.1) is 29.7 Å². The maximum Gasteiger partial charge on any atom is 0.229 e. The molecule has 1 aliphatic heterocycles. The quantitative estimate of drug-likeness (QED) is 0.456. The van der Waals surface area contributed by atoms with Crippen molar-refractivity contribution >= 4 is 23.5 Å². The van der Waals surface area contributed by atoms with Crippen LogP contribution in [-0.2, 0) is 0 Å². The van der Waals surface area contributed by atoms with Gasteiger partial charge in [-0.25, -0.2) is 0 Å². The van der Waals surface area contributed by atoms with Crippen molar-refractivity contribution in [3.8, 4) is 0 Å². The highest BCUT2D eigenvalue weighted by Crippen LogP contribution is 2.29. The van der Waals surface area contributed by atoms with E-state index >= 15 is 0 Å². The van der Waals surface area contributed by atoms with Crippen molar-refractivity contribution in [2.45, 2.75) is 96.3 Å². The predicted molar refractivity (Wildman–Crippen MR) is 123 cm³/mol. The third kappa shape index (κ3) is 6.64. The van der Waals surface area contributed by atoms with Gasteiger partial charge in [-0.3, -0.25) is 5.32 Å². The summed E-state index contributed by atoms with van der Waals surface area (Å²) in [7, 11) is 0. The van der Waals surface area contributed by atoms with Crippen molar-refractivity contribution in [1.82, 2.24) is 20.3 Å². The van der Waals surface area contributed by atoms with Crippen LogP contribution in [0.15, 0.2) is 0 Å². The Morgan fingerprint density at radius 3 is 2.20 bits per heavy atom. The second-order valence-corrected chi connectivity index (χ2v) is 11.5. The molecule has 3 N–H and O–H groups in total. The molecule has 0 amide bonds. The first-order valence-corrected chi connectivity index (χ1v) is 11.5. The molecule has 2 aliphatic rings. The molecule has 9 heteroatoms. The molecule has 1 saturated carbocycles. The van der Waals surface area contributed by atoms with E-state index in [2.05, 4.69) is 58.6 Å². The number of anilines is 2. The zero-order chi connectivity index (χ0) is 22.2. The highest BCUT2D eigenvalue weighted by Gasteiger charge is 2.45. The molecule has 0 unspecified atom stereocenters. The second-order valence-electron chi connectivity index (χ2n) is 11.2. The summed E-state index contributed by atoms with van der Waals surface area (Å²) in [6.45, 7) is 13.8. The van der Waals surface area contributed by atoms with E-state index in [1.54, 1.807) is 0 Å². The number of hydrogen-bond donors (Lipinski definition) is 3. The Morgan fingerprint density at radius 2 is 1.60 bits per heavy atom. The molecule has 0 radical (unpaired) electrons. The molecular formula is C21H38ClN7O. The maximum atomic E-state index is 13.7. The van der Waals surface area contributed by atoms with Gasteiger partial charge >= 0.3 is 0 Å². The molecule has 170 valence electrons. The molecule has 0 bridgehead atoms. The lowest BCUT2D eigenvalue weighted by Gasteiger charge is -2.58. The number of quaternary nitrogens is 1. The molecule has 0 aromatic carbocycles. The van der Waals surface area contributed by atoms with Crippen molar-refractivity contribution in [3.63, 3.8) is 0 Å². The summed E-state index contributed by atoms with van der Waals surface area (Å²) in [4.78, 5) is 13.0. The van der Waals surface area contributed by atoms with Gasteiger partial charge in [0.1, 0.15) is 6.54 Å². The summed E-state index contributed by atoms with van der Waals surface area (Å²) in [5, 5.41) is 24.2. The van der Waals surface area contributed by atoms with E-state index in [1.807, 2.05) is 13.8 Å². The minimum Gasteiger partial charge on any atom is -0.633 e. The highest BCUT2D eigenvalue weighted by atomic mass is 35.5. The Hall–Kier alpha value is -1.22. The van der Waals surface area contributed by atoms with Crippen molar-refractivity contribution in [2.24, 2.45) is 0 Å². The molecule has 1 aromatic rings. The van der Waals surface area contributed by atoms with Crippen LogP contribution in [0.1, 0.15) is 73.6 Å². The Balaban J connectivity index is 1.71. The monoisotopic (exact) mass is 439 g/mol. The summed E-state index contributed by atoms with van der Waals surface area (Å²) >= 11 is 6.17. The number of hydroxylamine groups is 3. The number of hydrogen-bond acceptors (Lipinski definition) is 7. The average Bonchev–Trinajstić information content (AvgIpc) is 2.49. The Morgan fingerprint density at radius 1 is 1.03 bits per heavy atom. The van der Waals surface area contributed by atoms with E-state index in [0.717, 1.165) is 12.8 Å². The number of rotatable bonds is 6. The van der Waals surface area contributed by atoms with Crippen molar-refractivity contribution in [3.05, 3.63) is 10.5 Å². The average molecular weight is 440 g/mol. The van der Waals surface area contributed by atoms with Gasteiger partial charge in [-0.05, 0) is 66.0 Å². The van der Waals surface area contributed by atoms with Gasteiger partial charge in [0.2, 0.25) is 17.2 Å². The van der Waals surface area contributed by atoms with E-state index < -0.39 is 5.54 Å².